The lowest BCUT2D eigenvalue weighted by molar-refractivity contribution is -0.385. The zero-order valence-electron chi connectivity index (χ0n) is 10.8. The van der Waals surface area contributed by atoms with Crippen molar-refractivity contribution < 1.29 is 4.92 Å². The number of nitrogens with zero attached hydrogens (tertiary/aromatic N) is 2. The molecule has 0 aliphatic heterocycles. The van der Waals surface area contributed by atoms with Crippen LogP contribution >= 0.6 is 0 Å². The third kappa shape index (κ3) is 2.97. The van der Waals surface area contributed by atoms with E-state index in [9.17, 15) is 10.1 Å². The number of nitro groups is 1. The summed E-state index contributed by atoms with van der Waals surface area (Å²) in [6.07, 6.45) is 6.10. The number of aryl methyl sites for hydroxylation is 1. The Bertz CT molecular complexity index is 440. The van der Waals surface area contributed by atoms with E-state index in [4.69, 9.17) is 0 Å². The Morgan fingerprint density at radius 2 is 2.06 bits per heavy atom. The van der Waals surface area contributed by atoms with Crippen LogP contribution in [-0.4, -0.2) is 15.9 Å². The van der Waals surface area contributed by atoms with Gasteiger partial charge in [0, 0.05) is 12.1 Å². The first-order valence-corrected chi connectivity index (χ1v) is 6.44. The van der Waals surface area contributed by atoms with E-state index >= 15 is 0 Å². The van der Waals surface area contributed by atoms with Gasteiger partial charge in [-0.3, -0.25) is 10.1 Å². The monoisotopic (exact) mass is 249 g/mol. The minimum absolute atomic E-state index is 0.0512. The van der Waals surface area contributed by atoms with Crippen LogP contribution in [0, 0.1) is 23.0 Å². The molecule has 0 aromatic carbocycles. The van der Waals surface area contributed by atoms with E-state index in [2.05, 4.69) is 17.2 Å². The van der Waals surface area contributed by atoms with Crippen molar-refractivity contribution in [3.63, 3.8) is 0 Å². The fraction of sp³-hybridized carbons (Fsp3) is 0.615. The molecule has 1 aliphatic carbocycles. The average molecular weight is 249 g/mol. The molecule has 0 unspecified atom stereocenters. The third-order valence-electron chi connectivity index (χ3n) is 3.63. The Morgan fingerprint density at radius 1 is 1.39 bits per heavy atom. The van der Waals surface area contributed by atoms with Crippen molar-refractivity contribution in [3.05, 3.63) is 27.9 Å². The molecule has 0 saturated heterocycles. The second kappa shape index (κ2) is 5.33. The molecule has 0 atom stereocenters. The van der Waals surface area contributed by atoms with Gasteiger partial charge in [-0.25, -0.2) is 4.98 Å². The van der Waals surface area contributed by atoms with Crippen molar-refractivity contribution >= 4 is 11.5 Å². The normalized spacial score (nSPS) is 23.7. The molecule has 0 radical (unpaired) electrons. The average Bonchev–Trinajstić information content (AvgIpc) is 2.34. The predicted molar refractivity (Wildman–Crippen MR) is 70.7 cm³/mol. The van der Waals surface area contributed by atoms with Crippen molar-refractivity contribution in [2.24, 2.45) is 5.92 Å². The van der Waals surface area contributed by atoms with Crippen LogP contribution in [0.3, 0.4) is 0 Å². The first-order valence-electron chi connectivity index (χ1n) is 6.44. The van der Waals surface area contributed by atoms with Crippen molar-refractivity contribution in [3.8, 4) is 0 Å². The van der Waals surface area contributed by atoms with Gasteiger partial charge in [0.2, 0.25) is 0 Å². The van der Waals surface area contributed by atoms with Crippen molar-refractivity contribution in [1.82, 2.24) is 4.98 Å². The Kier molecular flexibility index (Phi) is 3.79. The van der Waals surface area contributed by atoms with Gasteiger partial charge in [-0.05, 0) is 44.1 Å². The van der Waals surface area contributed by atoms with Crippen LogP contribution in [0.4, 0.5) is 11.5 Å². The number of anilines is 1. The van der Waals surface area contributed by atoms with Gasteiger partial charge < -0.3 is 5.32 Å². The van der Waals surface area contributed by atoms with E-state index in [1.165, 1.54) is 19.0 Å². The molecule has 2 rings (SSSR count). The Hall–Kier alpha value is -1.65. The lowest BCUT2D eigenvalue weighted by Crippen LogP contribution is -2.26. The molecule has 5 heteroatoms. The van der Waals surface area contributed by atoms with Crippen molar-refractivity contribution in [1.29, 1.82) is 0 Å². The maximum atomic E-state index is 10.6. The van der Waals surface area contributed by atoms with E-state index < -0.39 is 4.92 Å². The second-order valence-corrected chi connectivity index (χ2v) is 5.22. The first-order chi connectivity index (χ1) is 8.56. The van der Waals surface area contributed by atoms with Gasteiger partial charge in [-0.1, -0.05) is 6.92 Å². The first kappa shape index (κ1) is 12.8. The summed E-state index contributed by atoms with van der Waals surface area (Å²) >= 11 is 0. The van der Waals surface area contributed by atoms with Gasteiger partial charge in [0.05, 0.1) is 4.92 Å². The van der Waals surface area contributed by atoms with Crippen molar-refractivity contribution in [2.45, 2.75) is 45.6 Å². The molecule has 0 amide bonds. The van der Waals surface area contributed by atoms with Crippen LogP contribution in [0.25, 0.3) is 0 Å². The molecule has 1 fully saturated rings. The summed E-state index contributed by atoms with van der Waals surface area (Å²) in [5, 5.41) is 14.0. The van der Waals surface area contributed by atoms with E-state index in [1.54, 1.807) is 6.07 Å². The fourth-order valence-electron chi connectivity index (χ4n) is 2.41. The largest absolute Gasteiger partial charge is 0.367 e. The van der Waals surface area contributed by atoms with Gasteiger partial charge >= 0.3 is 0 Å². The second-order valence-electron chi connectivity index (χ2n) is 5.22. The lowest BCUT2D eigenvalue weighted by Gasteiger charge is -2.27. The molecule has 5 nitrogen and oxygen atoms in total. The molecular weight excluding hydrogens is 230 g/mol. The molecular formula is C13H19N3O2. The van der Waals surface area contributed by atoms with Crippen LogP contribution in [0.5, 0.6) is 0 Å². The minimum atomic E-state index is -0.411. The molecule has 1 N–H and O–H groups in total. The highest BCUT2D eigenvalue weighted by atomic mass is 16.6. The minimum Gasteiger partial charge on any atom is -0.367 e. The summed E-state index contributed by atoms with van der Waals surface area (Å²) in [6, 6.07) is 2.02. The number of aromatic nitrogens is 1. The standard InChI is InChI=1S/C13H19N3O2/c1-9-3-5-11(6-4-9)15-13-10(2)7-12(8-14-13)16(17)18/h7-9,11H,3-6H2,1-2H3,(H,14,15). The van der Waals surface area contributed by atoms with Crippen LogP contribution in [0.2, 0.25) is 0 Å². The Labute approximate surface area is 107 Å². The topological polar surface area (TPSA) is 68.1 Å². The smallest absolute Gasteiger partial charge is 0.287 e. The van der Waals surface area contributed by atoms with Gasteiger partial charge in [-0.15, -0.1) is 0 Å². The number of hydrogen-bond acceptors (Lipinski definition) is 4. The van der Waals surface area contributed by atoms with Crippen LogP contribution in [0.1, 0.15) is 38.2 Å². The molecule has 1 aromatic heterocycles. The summed E-state index contributed by atoms with van der Waals surface area (Å²) in [7, 11) is 0. The van der Waals surface area contributed by atoms with E-state index in [0.29, 0.717) is 6.04 Å². The Morgan fingerprint density at radius 3 is 2.61 bits per heavy atom. The molecule has 1 aliphatic rings. The zero-order valence-corrected chi connectivity index (χ0v) is 10.8. The molecule has 1 saturated carbocycles. The van der Waals surface area contributed by atoms with Crippen molar-refractivity contribution in [2.75, 3.05) is 5.32 Å². The van der Waals surface area contributed by atoms with E-state index in [-0.39, 0.29) is 5.69 Å². The number of nitrogens with one attached hydrogen (secondary N) is 1. The Balaban J connectivity index is 2.03. The number of hydrogen-bond donors (Lipinski definition) is 1. The number of pyridine rings is 1. The third-order valence-corrected chi connectivity index (χ3v) is 3.63. The fourth-order valence-corrected chi connectivity index (χ4v) is 2.41. The number of rotatable bonds is 3. The summed E-state index contributed by atoms with van der Waals surface area (Å²) in [5.74, 6) is 1.59. The summed E-state index contributed by atoms with van der Waals surface area (Å²) in [4.78, 5) is 14.4. The highest BCUT2D eigenvalue weighted by Crippen LogP contribution is 2.27. The molecule has 1 heterocycles. The summed E-state index contributed by atoms with van der Waals surface area (Å²) < 4.78 is 0. The van der Waals surface area contributed by atoms with Gasteiger partial charge in [-0.2, -0.15) is 0 Å². The lowest BCUT2D eigenvalue weighted by atomic mass is 9.87. The van der Waals surface area contributed by atoms with Gasteiger partial charge in [0.15, 0.2) is 0 Å². The highest BCUT2D eigenvalue weighted by molar-refractivity contribution is 5.48. The van der Waals surface area contributed by atoms with Gasteiger partial charge in [0.1, 0.15) is 12.0 Å². The summed E-state index contributed by atoms with van der Waals surface area (Å²) in [5.41, 5.74) is 0.887. The molecule has 1 aromatic rings. The molecule has 18 heavy (non-hydrogen) atoms. The van der Waals surface area contributed by atoms with E-state index in [1.807, 2.05) is 6.92 Å². The quantitative estimate of drug-likeness (QED) is 0.659. The molecule has 98 valence electrons. The maximum absolute atomic E-state index is 10.6. The molecule has 0 spiro atoms. The molecule has 0 bridgehead atoms. The summed E-state index contributed by atoms with van der Waals surface area (Å²) in [6.45, 7) is 4.14. The predicted octanol–water partition coefficient (Wildman–Crippen LogP) is 3.29. The highest BCUT2D eigenvalue weighted by Gasteiger charge is 2.19. The zero-order chi connectivity index (χ0) is 13.1. The van der Waals surface area contributed by atoms with Crippen LogP contribution in [0.15, 0.2) is 12.3 Å². The maximum Gasteiger partial charge on any atom is 0.287 e. The van der Waals surface area contributed by atoms with Crippen LogP contribution < -0.4 is 5.32 Å². The van der Waals surface area contributed by atoms with Gasteiger partial charge in [0.25, 0.3) is 5.69 Å². The van der Waals surface area contributed by atoms with Crippen LogP contribution in [-0.2, 0) is 0 Å². The SMILES string of the molecule is Cc1cc([N+](=O)[O-])cnc1NC1CCC(C)CC1. The van der Waals surface area contributed by atoms with E-state index in [0.717, 1.165) is 30.1 Å².